The molecule has 9 heteroatoms. The number of hydrazone groups is 1. The molecule has 0 spiro atoms. The number of para-hydroxylation sites is 2. The zero-order valence-electron chi connectivity index (χ0n) is 14.3. The second-order valence-electron chi connectivity index (χ2n) is 5.37. The van der Waals surface area contributed by atoms with Crippen LogP contribution in [-0.4, -0.2) is 30.2 Å². The van der Waals surface area contributed by atoms with Crippen LogP contribution in [0.25, 0.3) is 0 Å². The summed E-state index contributed by atoms with van der Waals surface area (Å²) >= 11 is 6.43. The van der Waals surface area contributed by atoms with Crippen molar-refractivity contribution in [2.45, 2.75) is 12.8 Å². The molecule has 142 valence electrons. The molecule has 2 amide bonds. The molecule has 0 unspecified atom stereocenters. The first-order valence-electron chi connectivity index (χ1n) is 7.83. The van der Waals surface area contributed by atoms with Gasteiger partial charge in [-0.25, -0.2) is 5.43 Å². The first-order chi connectivity index (χ1) is 12.9. The van der Waals surface area contributed by atoms with Gasteiger partial charge >= 0.3 is 0 Å². The number of anilines is 1. The lowest BCUT2D eigenvalue weighted by atomic mass is 10.2. The van der Waals surface area contributed by atoms with Gasteiger partial charge in [-0.1, -0.05) is 12.1 Å². The first-order valence-corrected chi connectivity index (χ1v) is 9.42. The number of amides is 2. The van der Waals surface area contributed by atoms with E-state index in [1.165, 1.54) is 13.3 Å². The third kappa shape index (κ3) is 6.37. The summed E-state index contributed by atoms with van der Waals surface area (Å²) < 4.78 is 6.15. The molecule has 2 rings (SSSR count). The molecular formula is C18H17Br2N3O4. The second kappa shape index (κ2) is 10.1. The second-order valence-corrected chi connectivity index (χ2v) is 7.08. The number of carbonyl (C=O) groups is 2. The van der Waals surface area contributed by atoms with E-state index in [9.17, 15) is 14.7 Å². The van der Waals surface area contributed by atoms with Gasteiger partial charge in [-0.3, -0.25) is 9.59 Å². The maximum absolute atomic E-state index is 12.0. The van der Waals surface area contributed by atoms with Crippen molar-refractivity contribution in [3.63, 3.8) is 0 Å². The highest BCUT2D eigenvalue weighted by atomic mass is 79.9. The molecule has 0 aliphatic rings. The minimum absolute atomic E-state index is 0.00963. The van der Waals surface area contributed by atoms with Crippen LogP contribution < -0.4 is 15.5 Å². The van der Waals surface area contributed by atoms with Crippen molar-refractivity contribution >= 4 is 55.6 Å². The summed E-state index contributed by atoms with van der Waals surface area (Å²) in [5, 5.41) is 16.2. The van der Waals surface area contributed by atoms with E-state index in [-0.39, 0.29) is 24.5 Å². The number of nitrogens with zero attached hydrogens (tertiary/aromatic N) is 1. The molecule has 0 aromatic heterocycles. The van der Waals surface area contributed by atoms with Crippen LogP contribution in [0.5, 0.6) is 11.5 Å². The third-order valence-corrected chi connectivity index (χ3v) is 4.61. The van der Waals surface area contributed by atoms with E-state index in [0.29, 0.717) is 25.9 Å². The summed E-state index contributed by atoms with van der Waals surface area (Å²) in [6.07, 6.45) is 1.43. The Hall–Kier alpha value is -2.39. The average Bonchev–Trinajstić information content (AvgIpc) is 2.65. The Balaban J connectivity index is 1.81. The Morgan fingerprint density at radius 2 is 1.78 bits per heavy atom. The lowest BCUT2D eigenvalue weighted by Crippen LogP contribution is -2.20. The maximum atomic E-state index is 12.0. The van der Waals surface area contributed by atoms with Gasteiger partial charge in [-0.05, 0) is 61.7 Å². The Morgan fingerprint density at radius 1 is 1.15 bits per heavy atom. The fourth-order valence-corrected chi connectivity index (χ4v) is 3.30. The smallest absolute Gasteiger partial charge is 0.240 e. The number of hydrogen-bond acceptors (Lipinski definition) is 5. The van der Waals surface area contributed by atoms with Gasteiger partial charge in [-0.2, -0.15) is 5.10 Å². The van der Waals surface area contributed by atoms with Gasteiger partial charge in [0.1, 0.15) is 11.5 Å². The normalized spacial score (nSPS) is 10.6. The lowest BCUT2D eigenvalue weighted by Gasteiger charge is -2.09. The van der Waals surface area contributed by atoms with Crippen LogP contribution in [0.4, 0.5) is 5.69 Å². The van der Waals surface area contributed by atoms with Gasteiger partial charge < -0.3 is 15.2 Å². The number of carbonyl (C=O) groups excluding carboxylic acids is 2. The highest BCUT2D eigenvalue weighted by molar-refractivity contribution is 9.11. The number of halogens is 2. The minimum atomic E-state index is -0.390. The largest absolute Gasteiger partial charge is 0.506 e. The molecule has 3 N–H and O–H groups in total. The summed E-state index contributed by atoms with van der Waals surface area (Å²) in [7, 11) is 1.52. The van der Waals surface area contributed by atoms with Crippen molar-refractivity contribution in [3.8, 4) is 11.5 Å². The van der Waals surface area contributed by atoms with Crippen molar-refractivity contribution < 1.29 is 19.4 Å². The van der Waals surface area contributed by atoms with Gasteiger partial charge in [0.05, 0.1) is 28.0 Å². The molecule has 0 atom stereocenters. The topological polar surface area (TPSA) is 100 Å². The quantitative estimate of drug-likeness (QED) is 0.399. The van der Waals surface area contributed by atoms with Crippen LogP contribution in [0.15, 0.2) is 50.4 Å². The Bertz CT molecular complexity index is 848. The van der Waals surface area contributed by atoms with Crippen molar-refractivity contribution in [1.82, 2.24) is 5.43 Å². The van der Waals surface area contributed by atoms with Crippen LogP contribution in [0.3, 0.4) is 0 Å². The first kappa shape index (κ1) is 20.9. The van der Waals surface area contributed by atoms with E-state index in [4.69, 9.17) is 4.74 Å². The number of rotatable bonds is 7. The molecule has 0 saturated carbocycles. The van der Waals surface area contributed by atoms with Crippen molar-refractivity contribution in [3.05, 3.63) is 50.9 Å². The van der Waals surface area contributed by atoms with E-state index < -0.39 is 5.91 Å². The predicted octanol–water partition coefficient (Wildman–Crippen LogP) is 3.79. The summed E-state index contributed by atoms with van der Waals surface area (Å²) in [6.45, 7) is 0. The van der Waals surface area contributed by atoms with Crippen LogP contribution in [0.2, 0.25) is 0 Å². The summed E-state index contributed by atoms with van der Waals surface area (Å²) in [4.78, 5) is 23.8. The van der Waals surface area contributed by atoms with Gasteiger partial charge in [-0.15, -0.1) is 0 Å². The molecule has 0 aliphatic heterocycles. The zero-order valence-corrected chi connectivity index (χ0v) is 17.5. The molecule has 0 aliphatic carbocycles. The fourth-order valence-electron chi connectivity index (χ4n) is 2.08. The summed E-state index contributed by atoms with van der Waals surface area (Å²) in [6, 6.07) is 10.3. The van der Waals surface area contributed by atoms with Crippen LogP contribution in [0, 0.1) is 0 Å². The predicted molar refractivity (Wildman–Crippen MR) is 110 cm³/mol. The molecule has 2 aromatic carbocycles. The number of phenols is 1. The third-order valence-electron chi connectivity index (χ3n) is 3.40. The van der Waals surface area contributed by atoms with Crippen LogP contribution in [-0.2, 0) is 9.59 Å². The van der Waals surface area contributed by atoms with Gasteiger partial charge in [0.2, 0.25) is 11.8 Å². The summed E-state index contributed by atoms with van der Waals surface area (Å²) in [5.74, 6) is -0.0632. The lowest BCUT2D eigenvalue weighted by molar-refractivity contribution is -0.124. The molecule has 0 fully saturated rings. The highest BCUT2D eigenvalue weighted by Gasteiger charge is 2.09. The van der Waals surface area contributed by atoms with Gasteiger partial charge in [0, 0.05) is 12.8 Å². The zero-order chi connectivity index (χ0) is 19.8. The van der Waals surface area contributed by atoms with Crippen LogP contribution in [0.1, 0.15) is 18.4 Å². The maximum Gasteiger partial charge on any atom is 0.240 e. The molecule has 7 nitrogen and oxygen atoms in total. The average molecular weight is 499 g/mol. The van der Waals surface area contributed by atoms with E-state index in [0.717, 1.165) is 0 Å². The number of aromatic hydroxyl groups is 1. The Kier molecular flexibility index (Phi) is 7.81. The molecule has 0 radical (unpaired) electrons. The monoisotopic (exact) mass is 497 g/mol. The van der Waals surface area contributed by atoms with Crippen molar-refractivity contribution in [2.24, 2.45) is 5.10 Å². The molecule has 0 heterocycles. The molecular weight excluding hydrogens is 482 g/mol. The number of phenolic OH excluding ortho intramolecular Hbond substituents is 1. The van der Waals surface area contributed by atoms with Crippen molar-refractivity contribution in [2.75, 3.05) is 12.4 Å². The molecule has 27 heavy (non-hydrogen) atoms. The van der Waals surface area contributed by atoms with Crippen molar-refractivity contribution in [1.29, 1.82) is 0 Å². The number of methoxy groups -OCH3 is 1. The van der Waals surface area contributed by atoms with Gasteiger partial charge in [0.25, 0.3) is 0 Å². The number of ether oxygens (including phenoxy) is 1. The molecule has 0 saturated heterocycles. The number of hydrogen-bond donors (Lipinski definition) is 3. The van der Waals surface area contributed by atoms with E-state index in [2.05, 4.69) is 47.7 Å². The van der Waals surface area contributed by atoms with E-state index >= 15 is 0 Å². The Morgan fingerprint density at radius 3 is 2.44 bits per heavy atom. The fraction of sp³-hybridized carbons (Fsp3) is 0.167. The summed E-state index contributed by atoms with van der Waals surface area (Å²) in [5.41, 5.74) is 3.57. The molecule has 2 aromatic rings. The van der Waals surface area contributed by atoms with E-state index in [1.54, 1.807) is 36.4 Å². The number of benzene rings is 2. The minimum Gasteiger partial charge on any atom is -0.506 e. The Labute approximate surface area is 173 Å². The molecule has 0 bridgehead atoms. The van der Waals surface area contributed by atoms with Gasteiger partial charge in [0.15, 0.2) is 0 Å². The van der Waals surface area contributed by atoms with Crippen LogP contribution >= 0.6 is 31.9 Å². The van der Waals surface area contributed by atoms with E-state index in [1.807, 2.05) is 0 Å². The number of nitrogens with one attached hydrogen (secondary N) is 2. The SMILES string of the molecule is COc1ccccc1NC(=O)CCC(=O)NN=Cc1cc(Br)c(O)c(Br)c1. The highest BCUT2D eigenvalue weighted by Crippen LogP contribution is 2.32. The standard InChI is InChI=1S/C18H17Br2N3O4/c1-27-15-5-3-2-4-14(15)22-16(24)6-7-17(25)23-21-10-11-8-12(19)18(26)13(20)9-11/h2-5,8-10,26H,6-7H2,1H3,(H,22,24)(H,23,25).